The molecular weight excluding hydrogens is 486 g/mol. The predicted octanol–water partition coefficient (Wildman–Crippen LogP) is 6.07. The second kappa shape index (κ2) is 11.7. The number of nitrogens with zero attached hydrogens (tertiary/aromatic N) is 4. The highest BCUT2D eigenvalue weighted by molar-refractivity contribution is 6.09. The van der Waals surface area contributed by atoms with E-state index in [1.54, 1.807) is 6.20 Å². The first-order valence-corrected chi connectivity index (χ1v) is 14.2. The van der Waals surface area contributed by atoms with Crippen LogP contribution in [0.5, 0.6) is 0 Å². The highest BCUT2D eigenvalue weighted by atomic mass is 16.1. The van der Waals surface area contributed by atoms with E-state index in [9.17, 15) is 9.59 Å². The molecule has 0 bridgehead atoms. The lowest BCUT2D eigenvalue weighted by Crippen LogP contribution is -2.43. The van der Waals surface area contributed by atoms with Gasteiger partial charge in [-0.1, -0.05) is 25.0 Å². The molecule has 7 heteroatoms. The number of aromatic nitrogens is 3. The number of nitrogens with one attached hydrogen (secondary N) is 1. The van der Waals surface area contributed by atoms with Crippen molar-refractivity contribution in [1.29, 1.82) is 0 Å². The van der Waals surface area contributed by atoms with Crippen LogP contribution in [0, 0.1) is 0 Å². The van der Waals surface area contributed by atoms with Crippen LogP contribution in [0.4, 0.5) is 5.82 Å². The Morgan fingerprint density at radius 2 is 1.87 bits per heavy atom. The summed E-state index contributed by atoms with van der Waals surface area (Å²) in [5.41, 5.74) is 6.55. The Morgan fingerprint density at radius 3 is 2.56 bits per heavy atom. The molecule has 0 unspecified atom stereocenters. The quantitative estimate of drug-likeness (QED) is 0.342. The molecule has 1 N–H and O–H groups in total. The number of anilines is 1. The van der Waals surface area contributed by atoms with Crippen LogP contribution in [0.3, 0.4) is 0 Å². The number of Topliss-reactive ketones (excluding diaryl/α,β-unsaturated/α-hetero) is 2. The SMILES string of the molecule is CCCC1=C(CCC(=O)c2cc(-c3ccc(N4CCNCC4)nc3)cc3c2cnn3C(C)C)C(=O)CC(C)=C1. The van der Waals surface area contributed by atoms with Gasteiger partial charge in [0.1, 0.15) is 5.82 Å². The molecule has 0 amide bonds. The average Bonchev–Trinajstić information content (AvgIpc) is 3.37. The fraction of sp³-hybridized carbons (Fsp3) is 0.438. The van der Waals surface area contributed by atoms with Gasteiger partial charge < -0.3 is 10.2 Å². The first-order chi connectivity index (χ1) is 18.9. The summed E-state index contributed by atoms with van der Waals surface area (Å²) >= 11 is 0. The Labute approximate surface area is 231 Å². The van der Waals surface area contributed by atoms with E-state index in [1.807, 2.05) is 23.9 Å². The summed E-state index contributed by atoms with van der Waals surface area (Å²) in [7, 11) is 0. The molecule has 39 heavy (non-hydrogen) atoms. The van der Waals surface area contributed by atoms with Crippen molar-refractivity contribution in [2.24, 2.45) is 0 Å². The molecule has 1 aliphatic carbocycles. The molecule has 5 rings (SSSR count). The number of pyridine rings is 1. The number of hydrogen-bond donors (Lipinski definition) is 1. The van der Waals surface area contributed by atoms with Crippen molar-refractivity contribution in [3.8, 4) is 11.1 Å². The van der Waals surface area contributed by atoms with Crippen molar-refractivity contribution < 1.29 is 9.59 Å². The zero-order valence-electron chi connectivity index (χ0n) is 23.6. The van der Waals surface area contributed by atoms with E-state index in [1.165, 1.54) is 0 Å². The van der Waals surface area contributed by atoms with E-state index in [0.29, 0.717) is 24.8 Å². The third-order valence-corrected chi connectivity index (χ3v) is 7.73. The van der Waals surface area contributed by atoms with Crippen molar-refractivity contribution in [2.75, 3.05) is 31.1 Å². The van der Waals surface area contributed by atoms with E-state index in [2.05, 4.69) is 60.4 Å². The summed E-state index contributed by atoms with van der Waals surface area (Å²) < 4.78 is 1.97. The highest BCUT2D eigenvalue weighted by Crippen LogP contribution is 2.32. The van der Waals surface area contributed by atoms with Crippen LogP contribution < -0.4 is 10.2 Å². The molecule has 1 aromatic carbocycles. The van der Waals surface area contributed by atoms with Gasteiger partial charge in [0.15, 0.2) is 11.6 Å². The summed E-state index contributed by atoms with van der Waals surface area (Å²) in [6.07, 6.45) is 8.92. The maximum Gasteiger partial charge on any atom is 0.163 e. The van der Waals surface area contributed by atoms with Gasteiger partial charge >= 0.3 is 0 Å². The number of benzene rings is 1. The van der Waals surface area contributed by atoms with E-state index >= 15 is 0 Å². The van der Waals surface area contributed by atoms with Gasteiger partial charge in [0, 0.05) is 67.8 Å². The number of hydrogen-bond acceptors (Lipinski definition) is 6. The predicted molar refractivity (Wildman–Crippen MR) is 157 cm³/mol. The molecule has 3 heterocycles. The minimum absolute atomic E-state index is 0.0398. The maximum absolute atomic E-state index is 13.7. The molecule has 1 saturated heterocycles. The van der Waals surface area contributed by atoms with Gasteiger partial charge in [-0.3, -0.25) is 14.3 Å². The number of allylic oxidation sites excluding steroid dienone is 4. The lowest BCUT2D eigenvalue weighted by atomic mass is 9.86. The van der Waals surface area contributed by atoms with Crippen molar-refractivity contribution in [2.45, 2.75) is 65.8 Å². The number of ketones is 2. The monoisotopic (exact) mass is 525 g/mol. The first-order valence-electron chi connectivity index (χ1n) is 14.2. The summed E-state index contributed by atoms with van der Waals surface area (Å²) in [4.78, 5) is 33.7. The van der Waals surface area contributed by atoms with E-state index in [0.717, 1.165) is 83.6 Å². The highest BCUT2D eigenvalue weighted by Gasteiger charge is 2.22. The number of piperazine rings is 1. The Kier molecular flexibility index (Phi) is 8.07. The minimum atomic E-state index is 0.0398. The lowest BCUT2D eigenvalue weighted by molar-refractivity contribution is -0.115. The molecule has 0 spiro atoms. The molecule has 0 radical (unpaired) electrons. The van der Waals surface area contributed by atoms with Gasteiger partial charge in [-0.15, -0.1) is 0 Å². The van der Waals surface area contributed by atoms with Crippen LogP contribution in [0.15, 0.2) is 59.5 Å². The second-order valence-electron chi connectivity index (χ2n) is 11.0. The smallest absolute Gasteiger partial charge is 0.163 e. The van der Waals surface area contributed by atoms with E-state index in [4.69, 9.17) is 4.98 Å². The Balaban J connectivity index is 1.47. The van der Waals surface area contributed by atoms with Crippen LogP contribution in [0.2, 0.25) is 0 Å². The zero-order chi connectivity index (χ0) is 27.5. The molecule has 0 atom stereocenters. The molecule has 2 aromatic heterocycles. The normalized spacial score (nSPS) is 16.4. The van der Waals surface area contributed by atoms with Gasteiger partial charge in [0.25, 0.3) is 0 Å². The van der Waals surface area contributed by atoms with Crippen LogP contribution >= 0.6 is 0 Å². The van der Waals surface area contributed by atoms with Gasteiger partial charge in [0.2, 0.25) is 0 Å². The third kappa shape index (κ3) is 5.74. The first kappa shape index (κ1) is 27.0. The van der Waals surface area contributed by atoms with Gasteiger partial charge in [-0.05, 0) is 74.6 Å². The fourth-order valence-electron chi connectivity index (χ4n) is 5.73. The van der Waals surface area contributed by atoms with Crippen molar-refractivity contribution in [3.05, 3.63) is 65.0 Å². The van der Waals surface area contributed by atoms with Crippen molar-refractivity contribution >= 4 is 28.3 Å². The van der Waals surface area contributed by atoms with Crippen molar-refractivity contribution in [3.63, 3.8) is 0 Å². The molecule has 1 fully saturated rings. The molecule has 204 valence electrons. The van der Waals surface area contributed by atoms with E-state index < -0.39 is 0 Å². The van der Waals surface area contributed by atoms with Crippen LogP contribution in [0.25, 0.3) is 22.0 Å². The Morgan fingerprint density at radius 1 is 1.08 bits per heavy atom. The topological polar surface area (TPSA) is 80.1 Å². The average molecular weight is 526 g/mol. The number of carbonyl (C=O) groups excluding carboxylic acids is 2. The zero-order valence-corrected chi connectivity index (χ0v) is 23.6. The van der Waals surface area contributed by atoms with Gasteiger partial charge in [0.05, 0.1) is 11.7 Å². The molecule has 2 aliphatic rings. The Hall–Kier alpha value is -3.58. The third-order valence-electron chi connectivity index (χ3n) is 7.73. The molecule has 0 saturated carbocycles. The number of fused-ring (bicyclic) bond motifs is 1. The number of carbonyl (C=O) groups is 2. The molecule has 3 aromatic rings. The van der Waals surface area contributed by atoms with Crippen LogP contribution in [0.1, 0.15) is 76.2 Å². The fourth-order valence-corrected chi connectivity index (χ4v) is 5.73. The largest absolute Gasteiger partial charge is 0.354 e. The van der Waals surface area contributed by atoms with Crippen LogP contribution in [-0.2, 0) is 4.79 Å². The van der Waals surface area contributed by atoms with Gasteiger partial charge in [-0.25, -0.2) is 4.98 Å². The van der Waals surface area contributed by atoms with E-state index in [-0.39, 0.29) is 17.6 Å². The van der Waals surface area contributed by atoms with Gasteiger partial charge in [-0.2, -0.15) is 5.10 Å². The summed E-state index contributed by atoms with van der Waals surface area (Å²) in [5, 5.41) is 8.85. The van der Waals surface area contributed by atoms with Crippen LogP contribution in [-0.4, -0.2) is 52.5 Å². The summed E-state index contributed by atoms with van der Waals surface area (Å²) in [6, 6.07) is 8.41. The molecular formula is C32H39N5O2. The lowest BCUT2D eigenvalue weighted by Gasteiger charge is -2.28. The number of rotatable bonds is 9. The maximum atomic E-state index is 13.7. The van der Waals surface area contributed by atoms with Crippen molar-refractivity contribution in [1.82, 2.24) is 20.1 Å². The molecule has 1 aliphatic heterocycles. The standard InChI is InChI=1S/C32H39N5O2/c1-5-6-23-15-22(4)16-31(39)26(23)8-9-30(38)27-17-25(18-29-28(27)20-35-37(29)21(2)3)24-7-10-32(34-19-24)36-13-11-33-12-14-36/h7,10,15,17-21,33H,5-6,8-9,11-14,16H2,1-4H3. The molecule has 7 nitrogen and oxygen atoms in total. The minimum Gasteiger partial charge on any atom is -0.354 e. The Bertz CT molecular complexity index is 1440. The second-order valence-corrected chi connectivity index (χ2v) is 11.0. The summed E-state index contributed by atoms with van der Waals surface area (Å²) in [5.74, 6) is 1.17. The summed E-state index contributed by atoms with van der Waals surface area (Å²) in [6.45, 7) is 12.1.